The fourth-order valence-electron chi connectivity index (χ4n) is 1.89. The molecule has 9 heteroatoms. The van der Waals surface area contributed by atoms with E-state index < -0.39 is 30.7 Å². The summed E-state index contributed by atoms with van der Waals surface area (Å²) in [6.07, 6.45) is 0. The van der Waals surface area contributed by atoms with Gasteiger partial charge < -0.3 is 5.11 Å². The van der Waals surface area contributed by atoms with E-state index in [0.717, 1.165) is 12.1 Å². The molecule has 0 aromatic heterocycles. The molecule has 2 aromatic rings. The number of hydrogen-bond donors (Lipinski definition) is 1. The van der Waals surface area contributed by atoms with Crippen LogP contribution in [0.4, 0.5) is 0 Å². The summed E-state index contributed by atoms with van der Waals surface area (Å²) >= 11 is 18.4. The summed E-state index contributed by atoms with van der Waals surface area (Å²) < 4.78 is 30.1. The molecule has 2 aromatic carbocycles. The molecule has 1 N–H and O–H groups in total. The van der Waals surface area contributed by atoms with Crippen molar-refractivity contribution in [3.63, 3.8) is 0 Å². The predicted molar refractivity (Wildman–Crippen MR) is 79.6 cm³/mol. The molecule has 0 radical (unpaired) electrons. The zero-order chi connectivity index (χ0) is 15.8. The monoisotopic (exact) mass is 388 g/mol. The SMILES string of the molecule is O=S(=O)(O)c1cccc([O-])c1C(Cl)(Cl)c1ccccc1Cl.[Na+]. The van der Waals surface area contributed by atoms with E-state index in [0.29, 0.717) is 0 Å². The molecular weight excluding hydrogens is 382 g/mol. The normalized spacial score (nSPS) is 11.8. The molecule has 0 fully saturated rings. The van der Waals surface area contributed by atoms with Crippen molar-refractivity contribution in [2.75, 3.05) is 0 Å². The van der Waals surface area contributed by atoms with E-state index in [4.69, 9.17) is 34.8 Å². The van der Waals surface area contributed by atoms with Gasteiger partial charge in [0.15, 0.2) is 4.33 Å². The van der Waals surface area contributed by atoms with Crippen molar-refractivity contribution in [1.29, 1.82) is 0 Å². The van der Waals surface area contributed by atoms with Crippen LogP contribution in [0.5, 0.6) is 5.75 Å². The van der Waals surface area contributed by atoms with Gasteiger partial charge in [-0.15, -0.1) is 5.75 Å². The molecule has 0 amide bonds. The first-order chi connectivity index (χ1) is 9.65. The van der Waals surface area contributed by atoms with Crippen LogP contribution in [0.25, 0.3) is 0 Å². The maximum Gasteiger partial charge on any atom is 1.00 e. The van der Waals surface area contributed by atoms with Crippen LogP contribution in [0, 0.1) is 0 Å². The van der Waals surface area contributed by atoms with Crippen LogP contribution in [-0.4, -0.2) is 13.0 Å². The molecule has 2 rings (SSSR count). The Hall–Kier alpha value is 0.0200. The molecule has 0 aliphatic rings. The molecule has 0 spiro atoms. The molecule has 0 aliphatic carbocycles. The Morgan fingerprint density at radius 3 is 2.18 bits per heavy atom. The van der Waals surface area contributed by atoms with Gasteiger partial charge >= 0.3 is 29.6 Å². The van der Waals surface area contributed by atoms with Gasteiger partial charge in [0.1, 0.15) is 0 Å². The Balaban J connectivity index is 0.00000242. The second-order valence-corrected chi connectivity index (χ2v) is 7.28. The molecule has 0 atom stereocenters. The predicted octanol–water partition coefficient (Wildman–Crippen LogP) is 0.343. The molecule has 0 saturated carbocycles. The number of hydrogen-bond acceptors (Lipinski definition) is 3. The van der Waals surface area contributed by atoms with Crippen LogP contribution >= 0.6 is 34.8 Å². The third-order valence-corrected chi connectivity index (χ3v) is 4.80. The van der Waals surface area contributed by atoms with Gasteiger partial charge in [0, 0.05) is 16.1 Å². The van der Waals surface area contributed by atoms with Gasteiger partial charge in [-0.05, 0) is 12.1 Å². The van der Waals surface area contributed by atoms with Gasteiger partial charge in [0.05, 0.1) is 4.90 Å². The smallest absolute Gasteiger partial charge is 0.872 e. The van der Waals surface area contributed by atoms with E-state index in [1.807, 2.05) is 0 Å². The first-order valence-electron chi connectivity index (χ1n) is 5.56. The summed E-state index contributed by atoms with van der Waals surface area (Å²) in [4.78, 5) is -0.653. The second-order valence-electron chi connectivity index (χ2n) is 4.16. The summed E-state index contributed by atoms with van der Waals surface area (Å²) in [5.74, 6) is -0.727. The molecule has 22 heavy (non-hydrogen) atoms. The Labute approximate surface area is 165 Å². The van der Waals surface area contributed by atoms with E-state index in [-0.39, 0.29) is 40.1 Å². The third kappa shape index (κ3) is 3.91. The number of halogens is 3. The van der Waals surface area contributed by atoms with Crippen molar-refractivity contribution in [2.24, 2.45) is 0 Å². The van der Waals surface area contributed by atoms with Crippen molar-refractivity contribution < 1.29 is 47.6 Å². The minimum Gasteiger partial charge on any atom is -0.872 e. The first kappa shape index (κ1) is 20.1. The molecule has 4 nitrogen and oxygen atoms in total. The summed E-state index contributed by atoms with van der Waals surface area (Å²) in [7, 11) is -4.67. The minimum absolute atomic E-state index is 0. The van der Waals surface area contributed by atoms with Gasteiger partial charge in [-0.25, -0.2) is 0 Å². The number of rotatable bonds is 3. The van der Waals surface area contributed by atoms with Gasteiger partial charge in [-0.2, -0.15) is 8.42 Å². The standard InChI is InChI=1S/C13H9Cl3O4S.Na/c14-9-5-2-1-4-8(9)13(15,16)12-10(17)6-3-7-11(12)21(18,19)20;/h1-7,17H,(H,18,19,20);/q;+1/p-1. The second kappa shape index (κ2) is 7.28. The average Bonchev–Trinajstić information content (AvgIpc) is 2.37. The molecule has 0 bridgehead atoms. The Morgan fingerprint density at radius 1 is 1.05 bits per heavy atom. The molecule has 112 valence electrons. The maximum absolute atomic E-state index is 12.0. The number of alkyl halides is 2. The van der Waals surface area contributed by atoms with Crippen LogP contribution in [0.2, 0.25) is 5.02 Å². The van der Waals surface area contributed by atoms with Gasteiger partial charge in [0.2, 0.25) is 0 Å². The van der Waals surface area contributed by atoms with Gasteiger partial charge in [0.25, 0.3) is 10.1 Å². The Bertz CT molecular complexity index is 794. The maximum atomic E-state index is 12.0. The summed E-state index contributed by atoms with van der Waals surface area (Å²) in [6, 6.07) is 9.50. The van der Waals surface area contributed by atoms with Crippen LogP contribution < -0.4 is 34.7 Å². The molecule has 0 unspecified atom stereocenters. The first-order valence-corrected chi connectivity index (χ1v) is 8.14. The fourth-order valence-corrected chi connectivity index (χ4v) is 3.85. The Morgan fingerprint density at radius 2 is 1.64 bits per heavy atom. The Kier molecular flexibility index (Phi) is 6.64. The summed E-state index contributed by atoms with van der Waals surface area (Å²) in [5, 5.41) is 12.2. The summed E-state index contributed by atoms with van der Waals surface area (Å²) in [5.41, 5.74) is -0.327. The van der Waals surface area contributed by atoms with E-state index in [1.165, 1.54) is 18.2 Å². The molecule has 0 heterocycles. The minimum atomic E-state index is -4.67. The quantitative estimate of drug-likeness (QED) is 0.467. The third-order valence-electron chi connectivity index (χ3n) is 2.79. The average molecular weight is 390 g/mol. The van der Waals surface area contributed by atoms with Crippen molar-refractivity contribution in [3.05, 3.63) is 58.6 Å². The molecule has 0 aliphatic heterocycles. The van der Waals surface area contributed by atoms with Gasteiger partial charge in [-0.3, -0.25) is 4.55 Å². The van der Waals surface area contributed by atoms with Crippen molar-refractivity contribution in [1.82, 2.24) is 0 Å². The van der Waals surface area contributed by atoms with Crippen molar-refractivity contribution >= 4 is 44.9 Å². The largest absolute Gasteiger partial charge is 1.00 e. The van der Waals surface area contributed by atoms with Crippen LogP contribution in [0.1, 0.15) is 11.1 Å². The van der Waals surface area contributed by atoms with E-state index in [1.54, 1.807) is 12.1 Å². The molecular formula is C13H8Cl3NaO4S. The van der Waals surface area contributed by atoms with E-state index >= 15 is 0 Å². The topological polar surface area (TPSA) is 77.4 Å². The van der Waals surface area contributed by atoms with Crippen molar-refractivity contribution in [3.8, 4) is 5.75 Å². The zero-order valence-electron chi connectivity index (χ0n) is 11.3. The zero-order valence-corrected chi connectivity index (χ0v) is 16.3. The number of benzene rings is 2. The van der Waals surface area contributed by atoms with Crippen molar-refractivity contribution in [2.45, 2.75) is 9.23 Å². The van der Waals surface area contributed by atoms with Crippen LogP contribution in [0.15, 0.2) is 47.4 Å². The van der Waals surface area contributed by atoms with Crippen LogP contribution in [0.3, 0.4) is 0 Å². The van der Waals surface area contributed by atoms with E-state index in [9.17, 15) is 18.1 Å². The van der Waals surface area contributed by atoms with Gasteiger partial charge in [-0.1, -0.05) is 65.1 Å². The molecule has 0 saturated heterocycles. The summed E-state index contributed by atoms with van der Waals surface area (Å²) in [6.45, 7) is 0. The fraction of sp³-hybridized carbons (Fsp3) is 0.0769. The van der Waals surface area contributed by atoms with Crippen LogP contribution in [-0.2, 0) is 14.5 Å². The van der Waals surface area contributed by atoms with E-state index in [2.05, 4.69) is 0 Å².